The van der Waals surface area contributed by atoms with E-state index >= 15 is 0 Å². The Morgan fingerprint density at radius 1 is 1.60 bits per heavy atom. The van der Waals surface area contributed by atoms with Gasteiger partial charge in [0.05, 0.1) is 10.6 Å². The van der Waals surface area contributed by atoms with Crippen LogP contribution in [-0.2, 0) is 0 Å². The van der Waals surface area contributed by atoms with Gasteiger partial charge in [0, 0.05) is 0 Å². The maximum absolute atomic E-state index is 12.3. The van der Waals surface area contributed by atoms with E-state index in [0.717, 1.165) is 6.07 Å². The van der Waals surface area contributed by atoms with Crippen LogP contribution in [0.1, 0.15) is 28.2 Å². The maximum atomic E-state index is 12.3. The van der Waals surface area contributed by atoms with Crippen molar-refractivity contribution in [2.24, 2.45) is 0 Å². The molecule has 7 heteroatoms. The Morgan fingerprint density at radius 3 is 2.60 bits per heavy atom. The summed E-state index contributed by atoms with van der Waals surface area (Å²) in [5.41, 5.74) is -1.49. The molecule has 0 fully saturated rings. The summed E-state index contributed by atoms with van der Waals surface area (Å²) in [5, 5.41) is 7.19. The SMILES string of the molecule is N#Cc1nc(C(F)F)c(Cl)cc1C(=O)Cl. The first-order valence-electron chi connectivity index (χ1n) is 3.56. The highest BCUT2D eigenvalue weighted by molar-refractivity contribution is 6.68. The van der Waals surface area contributed by atoms with Crippen molar-refractivity contribution < 1.29 is 13.6 Å². The molecule has 1 heterocycles. The molecule has 1 rings (SSSR count). The number of nitriles is 1. The summed E-state index contributed by atoms with van der Waals surface area (Å²) >= 11 is 10.5. The van der Waals surface area contributed by atoms with Gasteiger partial charge in [-0.25, -0.2) is 13.8 Å². The van der Waals surface area contributed by atoms with Crippen molar-refractivity contribution in [2.75, 3.05) is 0 Å². The molecule has 15 heavy (non-hydrogen) atoms. The van der Waals surface area contributed by atoms with Crippen LogP contribution in [0.2, 0.25) is 5.02 Å². The van der Waals surface area contributed by atoms with E-state index in [1.54, 1.807) is 0 Å². The van der Waals surface area contributed by atoms with E-state index in [1.165, 1.54) is 6.07 Å². The minimum atomic E-state index is -2.91. The fourth-order valence-corrected chi connectivity index (χ4v) is 1.27. The normalized spacial score (nSPS) is 10.1. The Balaban J connectivity index is 3.44. The van der Waals surface area contributed by atoms with Crippen molar-refractivity contribution in [3.05, 3.63) is 28.0 Å². The number of hydrogen-bond acceptors (Lipinski definition) is 3. The fraction of sp³-hybridized carbons (Fsp3) is 0.125. The molecule has 0 atom stereocenters. The molecule has 1 aromatic heterocycles. The Labute approximate surface area is 93.2 Å². The van der Waals surface area contributed by atoms with Crippen LogP contribution >= 0.6 is 23.2 Å². The molecular formula is C8H2Cl2F2N2O. The smallest absolute Gasteiger partial charge is 0.275 e. The molecule has 3 nitrogen and oxygen atoms in total. The van der Waals surface area contributed by atoms with Crippen LogP contribution in [0.4, 0.5) is 8.78 Å². The number of halogens is 4. The highest BCUT2D eigenvalue weighted by Gasteiger charge is 2.20. The van der Waals surface area contributed by atoms with Gasteiger partial charge >= 0.3 is 0 Å². The number of hydrogen-bond donors (Lipinski definition) is 0. The molecule has 0 saturated carbocycles. The lowest BCUT2D eigenvalue weighted by atomic mass is 10.2. The molecule has 0 radical (unpaired) electrons. The number of pyridine rings is 1. The quantitative estimate of drug-likeness (QED) is 0.759. The lowest BCUT2D eigenvalue weighted by Gasteiger charge is -2.04. The van der Waals surface area contributed by atoms with Crippen molar-refractivity contribution in [1.82, 2.24) is 4.98 Å². The standard InChI is InChI=1S/C8H2Cl2F2N2O/c9-4-1-3(7(10)15)5(2-13)14-6(4)8(11)12/h1,8H. The first-order valence-corrected chi connectivity index (χ1v) is 4.31. The fourth-order valence-electron chi connectivity index (χ4n) is 0.891. The molecule has 0 aliphatic carbocycles. The topological polar surface area (TPSA) is 53.8 Å². The van der Waals surface area contributed by atoms with Gasteiger partial charge in [0.25, 0.3) is 11.7 Å². The summed E-state index contributed by atoms with van der Waals surface area (Å²) in [6.07, 6.45) is -2.91. The second-order valence-electron chi connectivity index (χ2n) is 2.44. The third kappa shape index (κ3) is 2.41. The third-order valence-corrected chi connectivity index (χ3v) is 2.03. The lowest BCUT2D eigenvalue weighted by Crippen LogP contribution is -2.02. The molecule has 0 unspecified atom stereocenters. The molecule has 0 aromatic carbocycles. The van der Waals surface area contributed by atoms with E-state index in [4.69, 9.17) is 28.5 Å². The van der Waals surface area contributed by atoms with Gasteiger partial charge in [-0.15, -0.1) is 0 Å². The second kappa shape index (κ2) is 4.51. The molecule has 0 spiro atoms. The van der Waals surface area contributed by atoms with E-state index in [1.807, 2.05) is 0 Å². The number of alkyl halides is 2. The van der Waals surface area contributed by atoms with Gasteiger partial charge in [-0.05, 0) is 17.7 Å². The summed E-state index contributed by atoms with van der Waals surface area (Å²) in [5.74, 6) is 0. The summed E-state index contributed by atoms with van der Waals surface area (Å²) in [7, 11) is 0. The van der Waals surface area contributed by atoms with Gasteiger partial charge in [0.2, 0.25) is 0 Å². The highest BCUT2D eigenvalue weighted by atomic mass is 35.5. The van der Waals surface area contributed by atoms with E-state index in [0.29, 0.717) is 0 Å². The molecule has 0 amide bonds. The molecule has 1 aromatic rings. The Kier molecular flexibility index (Phi) is 3.56. The van der Waals surface area contributed by atoms with Crippen LogP contribution in [0.15, 0.2) is 6.07 Å². The van der Waals surface area contributed by atoms with Gasteiger partial charge < -0.3 is 0 Å². The highest BCUT2D eigenvalue weighted by Crippen LogP contribution is 2.27. The average molecular weight is 251 g/mol. The van der Waals surface area contributed by atoms with Crippen LogP contribution in [0.25, 0.3) is 0 Å². The van der Waals surface area contributed by atoms with Gasteiger partial charge in [-0.2, -0.15) is 5.26 Å². The number of aromatic nitrogens is 1. The molecular weight excluding hydrogens is 249 g/mol. The number of rotatable bonds is 2. The summed E-state index contributed by atoms with van der Waals surface area (Å²) in [6, 6.07) is 2.40. The third-order valence-electron chi connectivity index (χ3n) is 1.53. The Bertz CT molecular complexity index is 457. The van der Waals surface area contributed by atoms with E-state index in [-0.39, 0.29) is 5.56 Å². The molecule has 0 aliphatic heterocycles. The van der Waals surface area contributed by atoms with E-state index in [9.17, 15) is 13.6 Å². The van der Waals surface area contributed by atoms with Crippen LogP contribution in [-0.4, -0.2) is 10.2 Å². The molecule has 78 valence electrons. The first-order chi connectivity index (χ1) is 6.97. The summed E-state index contributed by atoms with van der Waals surface area (Å²) in [6.45, 7) is 0. The zero-order valence-electron chi connectivity index (χ0n) is 6.97. The van der Waals surface area contributed by atoms with Gasteiger partial charge in [0.15, 0.2) is 5.69 Å². The van der Waals surface area contributed by atoms with Crippen LogP contribution in [0.5, 0.6) is 0 Å². The van der Waals surface area contributed by atoms with Crippen molar-refractivity contribution in [3.8, 4) is 6.07 Å². The lowest BCUT2D eigenvalue weighted by molar-refractivity contribution is 0.107. The second-order valence-corrected chi connectivity index (χ2v) is 3.19. The van der Waals surface area contributed by atoms with Crippen molar-refractivity contribution in [2.45, 2.75) is 6.43 Å². The number of nitrogens with zero attached hydrogens (tertiary/aromatic N) is 2. The maximum Gasteiger partial charge on any atom is 0.281 e. The molecule has 0 bridgehead atoms. The first kappa shape index (κ1) is 11.8. The summed E-state index contributed by atoms with van der Waals surface area (Å²) < 4.78 is 24.6. The van der Waals surface area contributed by atoms with E-state index in [2.05, 4.69) is 4.98 Å². The van der Waals surface area contributed by atoms with Crippen LogP contribution < -0.4 is 0 Å². The minimum absolute atomic E-state index is 0.284. The Hall–Kier alpha value is -1.25. The van der Waals surface area contributed by atoms with Crippen LogP contribution in [0.3, 0.4) is 0 Å². The average Bonchev–Trinajstić information content (AvgIpc) is 2.16. The number of carbonyl (C=O) groups excluding carboxylic acids is 1. The minimum Gasteiger partial charge on any atom is -0.275 e. The predicted octanol–water partition coefficient (Wildman–Crippen LogP) is 2.92. The molecule has 0 saturated heterocycles. The Morgan fingerprint density at radius 2 is 2.20 bits per heavy atom. The monoisotopic (exact) mass is 250 g/mol. The van der Waals surface area contributed by atoms with Gasteiger partial charge in [-0.3, -0.25) is 4.79 Å². The zero-order chi connectivity index (χ0) is 11.6. The predicted molar refractivity (Wildman–Crippen MR) is 49.1 cm³/mol. The van der Waals surface area contributed by atoms with Crippen molar-refractivity contribution >= 4 is 28.4 Å². The van der Waals surface area contributed by atoms with E-state index < -0.39 is 28.1 Å². The van der Waals surface area contributed by atoms with Crippen molar-refractivity contribution in [3.63, 3.8) is 0 Å². The van der Waals surface area contributed by atoms with Gasteiger partial charge in [0.1, 0.15) is 11.8 Å². The molecule has 0 aliphatic rings. The zero-order valence-corrected chi connectivity index (χ0v) is 8.48. The van der Waals surface area contributed by atoms with Crippen molar-refractivity contribution in [1.29, 1.82) is 5.26 Å². The molecule has 0 N–H and O–H groups in total. The van der Waals surface area contributed by atoms with Gasteiger partial charge in [-0.1, -0.05) is 11.6 Å². The van der Waals surface area contributed by atoms with Crippen LogP contribution in [0, 0.1) is 11.3 Å². The largest absolute Gasteiger partial charge is 0.281 e. The number of carbonyl (C=O) groups is 1. The summed E-state index contributed by atoms with van der Waals surface area (Å²) in [4.78, 5) is 14.0.